The average Bonchev–Trinajstić information content (AvgIpc) is 2.36. The monoisotopic (exact) mass is 264 g/mol. The molecule has 19 heavy (non-hydrogen) atoms. The number of rotatable bonds is 6. The van der Waals surface area contributed by atoms with Crippen molar-refractivity contribution in [2.45, 2.75) is 19.9 Å². The van der Waals surface area contributed by atoms with E-state index in [1.54, 1.807) is 24.3 Å². The molecule has 0 aliphatic heterocycles. The standard InChI is InChI=1S/C13H16N2O4/c1-9(16)15-8-10-2-4-11(5-3-10)13(19)14-7-6-12(17)18/h2-5H,6-8H2,1H3,(H,14,19)(H,15,16)(H,17,18). The van der Waals surface area contributed by atoms with Crippen molar-refractivity contribution in [1.82, 2.24) is 10.6 Å². The number of aliphatic carboxylic acids is 1. The van der Waals surface area contributed by atoms with E-state index in [1.807, 2.05) is 0 Å². The van der Waals surface area contributed by atoms with Crippen LogP contribution in [-0.4, -0.2) is 29.4 Å². The summed E-state index contributed by atoms with van der Waals surface area (Å²) >= 11 is 0. The van der Waals surface area contributed by atoms with Crippen molar-refractivity contribution in [3.63, 3.8) is 0 Å². The quantitative estimate of drug-likeness (QED) is 0.698. The second-order valence-corrected chi connectivity index (χ2v) is 4.01. The maximum atomic E-state index is 11.6. The zero-order valence-corrected chi connectivity index (χ0v) is 10.6. The third-order valence-electron chi connectivity index (χ3n) is 2.38. The third-order valence-corrected chi connectivity index (χ3v) is 2.38. The van der Waals surface area contributed by atoms with E-state index < -0.39 is 5.97 Å². The Hall–Kier alpha value is -2.37. The Morgan fingerprint density at radius 1 is 1.11 bits per heavy atom. The molecule has 0 aliphatic carbocycles. The van der Waals surface area contributed by atoms with Crippen LogP contribution in [0, 0.1) is 0 Å². The lowest BCUT2D eigenvalue weighted by molar-refractivity contribution is -0.136. The van der Waals surface area contributed by atoms with Gasteiger partial charge in [-0.25, -0.2) is 0 Å². The largest absolute Gasteiger partial charge is 0.481 e. The predicted molar refractivity (Wildman–Crippen MR) is 68.5 cm³/mol. The molecule has 0 aromatic heterocycles. The molecule has 0 spiro atoms. The SMILES string of the molecule is CC(=O)NCc1ccc(C(=O)NCCC(=O)O)cc1. The fraction of sp³-hybridized carbons (Fsp3) is 0.308. The Morgan fingerprint density at radius 2 is 1.74 bits per heavy atom. The van der Waals surface area contributed by atoms with Gasteiger partial charge >= 0.3 is 5.97 Å². The van der Waals surface area contributed by atoms with Crippen molar-refractivity contribution in [3.8, 4) is 0 Å². The van der Waals surface area contributed by atoms with Gasteiger partial charge in [0.1, 0.15) is 0 Å². The molecule has 2 amide bonds. The smallest absolute Gasteiger partial charge is 0.305 e. The van der Waals surface area contributed by atoms with Crippen LogP contribution in [0.5, 0.6) is 0 Å². The Kier molecular flexibility index (Phi) is 5.53. The van der Waals surface area contributed by atoms with Crippen LogP contribution in [0.4, 0.5) is 0 Å². The summed E-state index contributed by atoms with van der Waals surface area (Å²) in [6.45, 7) is 1.95. The molecule has 0 saturated carbocycles. The minimum atomic E-state index is -0.953. The summed E-state index contributed by atoms with van der Waals surface area (Å²) in [5, 5.41) is 13.6. The molecule has 1 aromatic rings. The van der Waals surface area contributed by atoms with Gasteiger partial charge in [0.25, 0.3) is 5.91 Å². The average molecular weight is 264 g/mol. The highest BCUT2D eigenvalue weighted by atomic mass is 16.4. The van der Waals surface area contributed by atoms with Gasteiger partial charge in [-0.05, 0) is 17.7 Å². The molecular formula is C13H16N2O4. The van der Waals surface area contributed by atoms with Crippen LogP contribution in [0.25, 0.3) is 0 Å². The minimum absolute atomic E-state index is 0.0990. The number of benzene rings is 1. The third kappa shape index (κ3) is 5.67. The molecule has 0 fully saturated rings. The van der Waals surface area contributed by atoms with Gasteiger partial charge in [-0.1, -0.05) is 12.1 Å². The number of carbonyl (C=O) groups excluding carboxylic acids is 2. The van der Waals surface area contributed by atoms with Gasteiger partial charge in [-0.3, -0.25) is 14.4 Å². The maximum absolute atomic E-state index is 11.6. The van der Waals surface area contributed by atoms with Gasteiger partial charge in [-0.2, -0.15) is 0 Å². The highest BCUT2D eigenvalue weighted by molar-refractivity contribution is 5.94. The summed E-state index contributed by atoms with van der Waals surface area (Å²) in [5.74, 6) is -1.38. The van der Waals surface area contributed by atoms with E-state index >= 15 is 0 Å². The molecule has 0 heterocycles. The van der Waals surface area contributed by atoms with Crippen LogP contribution < -0.4 is 10.6 Å². The van der Waals surface area contributed by atoms with Crippen LogP contribution in [0.15, 0.2) is 24.3 Å². The second kappa shape index (κ2) is 7.15. The van der Waals surface area contributed by atoms with Gasteiger partial charge in [-0.15, -0.1) is 0 Å². The lowest BCUT2D eigenvalue weighted by Gasteiger charge is -2.05. The van der Waals surface area contributed by atoms with Gasteiger partial charge < -0.3 is 15.7 Å². The van der Waals surface area contributed by atoms with Crippen LogP contribution in [0.2, 0.25) is 0 Å². The molecule has 1 aromatic carbocycles. The van der Waals surface area contributed by atoms with E-state index in [2.05, 4.69) is 10.6 Å². The number of amides is 2. The van der Waals surface area contributed by atoms with Crippen LogP contribution >= 0.6 is 0 Å². The van der Waals surface area contributed by atoms with Gasteiger partial charge in [0.05, 0.1) is 6.42 Å². The molecule has 6 nitrogen and oxygen atoms in total. The number of nitrogens with one attached hydrogen (secondary N) is 2. The Balaban J connectivity index is 2.48. The van der Waals surface area contributed by atoms with E-state index in [0.29, 0.717) is 12.1 Å². The molecule has 3 N–H and O–H groups in total. The highest BCUT2D eigenvalue weighted by Gasteiger charge is 2.06. The summed E-state index contributed by atoms with van der Waals surface area (Å²) < 4.78 is 0. The number of hydrogen-bond acceptors (Lipinski definition) is 3. The minimum Gasteiger partial charge on any atom is -0.481 e. The summed E-state index contributed by atoms with van der Waals surface area (Å²) in [6, 6.07) is 6.74. The zero-order valence-electron chi connectivity index (χ0n) is 10.6. The molecule has 0 atom stereocenters. The molecule has 0 saturated heterocycles. The lowest BCUT2D eigenvalue weighted by atomic mass is 10.1. The molecule has 0 radical (unpaired) electrons. The molecule has 0 bridgehead atoms. The lowest BCUT2D eigenvalue weighted by Crippen LogP contribution is -2.26. The van der Waals surface area contributed by atoms with Crippen molar-refractivity contribution in [1.29, 1.82) is 0 Å². The van der Waals surface area contributed by atoms with Gasteiger partial charge in [0.2, 0.25) is 5.91 Å². The van der Waals surface area contributed by atoms with Crippen molar-refractivity contribution in [2.24, 2.45) is 0 Å². The number of carboxylic acid groups (broad SMARTS) is 1. The van der Waals surface area contributed by atoms with Crippen LogP contribution in [0.3, 0.4) is 0 Å². The molecule has 0 aliphatic rings. The second-order valence-electron chi connectivity index (χ2n) is 4.01. The van der Waals surface area contributed by atoms with E-state index in [9.17, 15) is 14.4 Å². The molecule has 102 valence electrons. The molecular weight excluding hydrogens is 248 g/mol. The number of carboxylic acids is 1. The van der Waals surface area contributed by atoms with E-state index in [0.717, 1.165) is 5.56 Å². The summed E-state index contributed by atoms with van der Waals surface area (Å²) in [7, 11) is 0. The predicted octanol–water partition coefficient (Wildman–Crippen LogP) is 0.527. The summed E-state index contributed by atoms with van der Waals surface area (Å²) in [4.78, 5) is 32.7. The van der Waals surface area contributed by atoms with Crippen LogP contribution in [0.1, 0.15) is 29.3 Å². The topological polar surface area (TPSA) is 95.5 Å². The van der Waals surface area contributed by atoms with Crippen molar-refractivity contribution in [3.05, 3.63) is 35.4 Å². The van der Waals surface area contributed by atoms with Crippen LogP contribution in [-0.2, 0) is 16.1 Å². The summed E-state index contributed by atoms with van der Waals surface area (Å²) in [6.07, 6.45) is -0.105. The Morgan fingerprint density at radius 3 is 2.26 bits per heavy atom. The van der Waals surface area contributed by atoms with Gasteiger partial charge in [0.15, 0.2) is 0 Å². The van der Waals surface area contributed by atoms with Crippen molar-refractivity contribution < 1.29 is 19.5 Å². The molecule has 1 rings (SSSR count). The highest BCUT2D eigenvalue weighted by Crippen LogP contribution is 2.04. The molecule has 0 unspecified atom stereocenters. The Bertz CT molecular complexity index is 468. The first-order valence-electron chi connectivity index (χ1n) is 5.82. The fourth-order valence-electron chi connectivity index (χ4n) is 1.39. The number of hydrogen-bond donors (Lipinski definition) is 3. The van der Waals surface area contributed by atoms with E-state index in [1.165, 1.54) is 6.92 Å². The first kappa shape index (κ1) is 14.7. The van der Waals surface area contributed by atoms with Gasteiger partial charge in [0, 0.05) is 25.6 Å². The fourth-order valence-corrected chi connectivity index (χ4v) is 1.39. The normalized spacial score (nSPS) is 9.74. The Labute approximate surface area is 110 Å². The molecule has 6 heteroatoms. The summed E-state index contributed by atoms with van der Waals surface area (Å²) in [5.41, 5.74) is 1.34. The van der Waals surface area contributed by atoms with Crippen molar-refractivity contribution in [2.75, 3.05) is 6.54 Å². The van der Waals surface area contributed by atoms with E-state index in [4.69, 9.17) is 5.11 Å². The maximum Gasteiger partial charge on any atom is 0.305 e. The van der Waals surface area contributed by atoms with Crippen molar-refractivity contribution >= 4 is 17.8 Å². The zero-order chi connectivity index (χ0) is 14.3. The first-order chi connectivity index (χ1) is 8.99. The van der Waals surface area contributed by atoms with E-state index in [-0.39, 0.29) is 24.8 Å². The first-order valence-corrected chi connectivity index (χ1v) is 5.82. The number of carbonyl (C=O) groups is 3.